The summed E-state index contributed by atoms with van der Waals surface area (Å²) in [5, 5.41) is 3.50. The summed E-state index contributed by atoms with van der Waals surface area (Å²) in [7, 11) is 0. The maximum Gasteiger partial charge on any atom is 0.119 e. The minimum atomic E-state index is 0.511. The van der Waals surface area contributed by atoms with Gasteiger partial charge < -0.3 is 10.1 Å². The molecule has 0 aliphatic heterocycles. The van der Waals surface area contributed by atoms with Crippen molar-refractivity contribution in [2.45, 2.75) is 47.1 Å². The first-order chi connectivity index (χ1) is 9.52. The molecular formula is C18H29NO. The number of ether oxygens (including phenoxy) is 1. The Morgan fingerprint density at radius 2 is 2.00 bits per heavy atom. The van der Waals surface area contributed by atoms with E-state index < -0.39 is 0 Å². The van der Waals surface area contributed by atoms with Crippen molar-refractivity contribution in [3.8, 4) is 5.75 Å². The van der Waals surface area contributed by atoms with E-state index in [4.69, 9.17) is 4.74 Å². The molecule has 1 N–H and O–H groups in total. The standard InChI is InChI=1S/C18H29NO/c1-6-10-20-18-9-7-8-16(12-18)11-17(14(2)3)13-19-15(4)5/h7-9,11-12,14-15,19H,6,10,13H2,1-5H3. The van der Waals surface area contributed by atoms with E-state index in [0.717, 1.165) is 25.3 Å². The summed E-state index contributed by atoms with van der Waals surface area (Å²) in [6.07, 6.45) is 3.31. The van der Waals surface area contributed by atoms with Crippen molar-refractivity contribution in [2.75, 3.05) is 13.2 Å². The zero-order chi connectivity index (χ0) is 15.0. The van der Waals surface area contributed by atoms with E-state index in [2.05, 4.69) is 64.2 Å². The van der Waals surface area contributed by atoms with Crippen LogP contribution in [0.4, 0.5) is 0 Å². The van der Waals surface area contributed by atoms with Crippen molar-refractivity contribution in [1.82, 2.24) is 5.32 Å². The second-order valence-electron chi connectivity index (χ2n) is 5.83. The third-order valence-corrected chi connectivity index (χ3v) is 3.14. The van der Waals surface area contributed by atoms with Crippen molar-refractivity contribution < 1.29 is 4.74 Å². The lowest BCUT2D eigenvalue weighted by Crippen LogP contribution is -2.26. The molecule has 0 aliphatic rings. The van der Waals surface area contributed by atoms with Crippen LogP contribution in [0.25, 0.3) is 6.08 Å². The Balaban J connectivity index is 2.81. The van der Waals surface area contributed by atoms with Crippen LogP contribution < -0.4 is 10.1 Å². The smallest absolute Gasteiger partial charge is 0.119 e. The fraction of sp³-hybridized carbons (Fsp3) is 0.556. The third-order valence-electron chi connectivity index (χ3n) is 3.14. The molecule has 0 saturated carbocycles. The van der Waals surface area contributed by atoms with Crippen molar-refractivity contribution in [2.24, 2.45) is 5.92 Å². The molecule has 1 aromatic rings. The number of benzene rings is 1. The summed E-state index contributed by atoms with van der Waals surface area (Å²) in [5.41, 5.74) is 2.64. The molecule has 1 aromatic carbocycles. The predicted octanol–water partition coefficient (Wildman–Crippen LogP) is 4.51. The van der Waals surface area contributed by atoms with Crippen LogP contribution in [0.2, 0.25) is 0 Å². The number of hydrogen-bond acceptors (Lipinski definition) is 2. The molecule has 0 atom stereocenters. The van der Waals surface area contributed by atoms with Gasteiger partial charge in [0.05, 0.1) is 6.61 Å². The Morgan fingerprint density at radius 3 is 2.60 bits per heavy atom. The molecule has 0 saturated heterocycles. The molecule has 0 aromatic heterocycles. The highest BCUT2D eigenvalue weighted by atomic mass is 16.5. The minimum Gasteiger partial charge on any atom is -0.494 e. The van der Waals surface area contributed by atoms with Crippen molar-refractivity contribution >= 4 is 6.08 Å². The second kappa shape index (κ2) is 8.80. The summed E-state index contributed by atoms with van der Waals surface area (Å²) in [6.45, 7) is 12.7. The molecular weight excluding hydrogens is 246 g/mol. The quantitative estimate of drug-likeness (QED) is 0.753. The van der Waals surface area contributed by atoms with Gasteiger partial charge in [0, 0.05) is 12.6 Å². The highest BCUT2D eigenvalue weighted by Crippen LogP contribution is 2.19. The molecule has 0 heterocycles. The van der Waals surface area contributed by atoms with Crippen LogP contribution in [0, 0.1) is 5.92 Å². The zero-order valence-electron chi connectivity index (χ0n) is 13.6. The summed E-state index contributed by atoms with van der Waals surface area (Å²) in [4.78, 5) is 0. The van der Waals surface area contributed by atoms with Gasteiger partial charge in [-0.05, 0) is 30.0 Å². The van der Waals surface area contributed by atoms with Crippen LogP contribution in [0.15, 0.2) is 29.8 Å². The van der Waals surface area contributed by atoms with E-state index in [1.807, 2.05) is 6.07 Å². The first kappa shape index (κ1) is 16.8. The molecule has 0 unspecified atom stereocenters. The maximum absolute atomic E-state index is 5.69. The molecule has 0 spiro atoms. The molecule has 0 fully saturated rings. The fourth-order valence-electron chi connectivity index (χ4n) is 1.87. The van der Waals surface area contributed by atoms with Gasteiger partial charge in [0.25, 0.3) is 0 Å². The molecule has 1 rings (SSSR count). The lowest BCUT2D eigenvalue weighted by atomic mass is 10.00. The average molecular weight is 275 g/mol. The van der Waals surface area contributed by atoms with Gasteiger partial charge in [0.1, 0.15) is 5.75 Å². The molecule has 0 amide bonds. The predicted molar refractivity (Wildman–Crippen MR) is 88.2 cm³/mol. The van der Waals surface area contributed by atoms with Crippen molar-refractivity contribution in [3.63, 3.8) is 0 Å². The van der Waals surface area contributed by atoms with Crippen LogP contribution >= 0.6 is 0 Å². The molecule has 2 heteroatoms. The SMILES string of the molecule is CCCOc1cccc(C=C(CNC(C)C)C(C)C)c1. The van der Waals surface area contributed by atoms with E-state index in [1.54, 1.807) is 0 Å². The minimum absolute atomic E-state index is 0.511. The molecule has 20 heavy (non-hydrogen) atoms. The fourth-order valence-corrected chi connectivity index (χ4v) is 1.87. The van der Waals surface area contributed by atoms with Gasteiger partial charge in [-0.3, -0.25) is 0 Å². The van der Waals surface area contributed by atoms with Crippen molar-refractivity contribution in [1.29, 1.82) is 0 Å². The summed E-state index contributed by atoms with van der Waals surface area (Å²) >= 11 is 0. The maximum atomic E-state index is 5.69. The lowest BCUT2D eigenvalue weighted by Gasteiger charge is -2.15. The Kier molecular flexibility index (Phi) is 7.38. The van der Waals surface area contributed by atoms with Gasteiger partial charge in [-0.15, -0.1) is 0 Å². The lowest BCUT2D eigenvalue weighted by molar-refractivity contribution is 0.317. The Labute approximate surface area is 124 Å². The summed E-state index contributed by atoms with van der Waals surface area (Å²) < 4.78 is 5.69. The first-order valence-electron chi connectivity index (χ1n) is 7.69. The Hall–Kier alpha value is -1.28. The highest BCUT2D eigenvalue weighted by Gasteiger charge is 2.05. The highest BCUT2D eigenvalue weighted by molar-refractivity contribution is 5.55. The van der Waals surface area contributed by atoms with Crippen LogP contribution in [0.5, 0.6) is 5.75 Å². The van der Waals surface area contributed by atoms with Gasteiger partial charge in [-0.2, -0.15) is 0 Å². The zero-order valence-corrected chi connectivity index (χ0v) is 13.6. The van der Waals surface area contributed by atoms with E-state index in [1.165, 1.54) is 11.1 Å². The van der Waals surface area contributed by atoms with Gasteiger partial charge >= 0.3 is 0 Å². The van der Waals surface area contributed by atoms with Gasteiger partial charge in [0.15, 0.2) is 0 Å². The van der Waals surface area contributed by atoms with E-state index >= 15 is 0 Å². The van der Waals surface area contributed by atoms with Crippen LogP contribution in [0.3, 0.4) is 0 Å². The number of nitrogens with one attached hydrogen (secondary N) is 1. The second-order valence-corrected chi connectivity index (χ2v) is 5.83. The van der Waals surface area contributed by atoms with Gasteiger partial charge in [-0.25, -0.2) is 0 Å². The first-order valence-corrected chi connectivity index (χ1v) is 7.69. The Morgan fingerprint density at radius 1 is 1.25 bits per heavy atom. The van der Waals surface area contributed by atoms with Crippen LogP contribution in [-0.4, -0.2) is 19.2 Å². The summed E-state index contributed by atoms with van der Waals surface area (Å²) in [6, 6.07) is 8.85. The average Bonchev–Trinajstić information content (AvgIpc) is 2.41. The van der Waals surface area contributed by atoms with Crippen LogP contribution in [-0.2, 0) is 0 Å². The van der Waals surface area contributed by atoms with Crippen LogP contribution in [0.1, 0.15) is 46.6 Å². The largest absolute Gasteiger partial charge is 0.494 e. The normalized spacial score (nSPS) is 12.2. The molecule has 0 bridgehead atoms. The molecule has 112 valence electrons. The molecule has 2 nitrogen and oxygen atoms in total. The van der Waals surface area contributed by atoms with Gasteiger partial charge in [-0.1, -0.05) is 58.4 Å². The van der Waals surface area contributed by atoms with E-state index in [9.17, 15) is 0 Å². The molecule has 0 radical (unpaired) electrons. The van der Waals surface area contributed by atoms with Crippen molar-refractivity contribution in [3.05, 3.63) is 35.4 Å². The van der Waals surface area contributed by atoms with E-state index in [0.29, 0.717) is 12.0 Å². The number of rotatable bonds is 8. The summed E-state index contributed by atoms with van der Waals surface area (Å²) in [5.74, 6) is 1.50. The van der Waals surface area contributed by atoms with Gasteiger partial charge in [0.2, 0.25) is 0 Å². The molecule has 0 aliphatic carbocycles. The third kappa shape index (κ3) is 6.25. The number of hydrogen-bond donors (Lipinski definition) is 1. The monoisotopic (exact) mass is 275 g/mol. The topological polar surface area (TPSA) is 21.3 Å². The van der Waals surface area contributed by atoms with E-state index in [-0.39, 0.29) is 0 Å². The Bertz CT molecular complexity index is 421.